The molecule has 0 aliphatic rings. The van der Waals surface area contributed by atoms with Crippen LogP contribution in [0.4, 0.5) is 5.69 Å². The van der Waals surface area contributed by atoms with Crippen LogP contribution in [-0.2, 0) is 24.2 Å². The highest BCUT2D eigenvalue weighted by Gasteiger charge is 2.20. The Bertz CT molecular complexity index is 1220. The molecule has 34 heavy (non-hydrogen) atoms. The van der Waals surface area contributed by atoms with Gasteiger partial charge in [0.05, 0.1) is 17.8 Å². The van der Waals surface area contributed by atoms with Crippen molar-refractivity contribution < 1.29 is 9.59 Å². The van der Waals surface area contributed by atoms with E-state index in [0.29, 0.717) is 30.8 Å². The first kappa shape index (κ1) is 23.4. The van der Waals surface area contributed by atoms with Gasteiger partial charge in [0.1, 0.15) is 0 Å². The summed E-state index contributed by atoms with van der Waals surface area (Å²) in [6.45, 7) is 3.09. The van der Waals surface area contributed by atoms with Gasteiger partial charge in [-0.15, -0.1) is 11.3 Å². The zero-order valence-electron chi connectivity index (χ0n) is 19.1. The lowest BCUT2D eigenvalue weighted by Crippen LogP contribution is -2.30. The van der Waals surface area contributed by atoms with Gasteiger partial charge in [-0.25, -0.2) is 0 Å². The van der Waals surface area contributed by atoms with Gasteiger partial charge >= 0.3 is 0 Å². The summed E-state index contributed by atoms with van der Waals surface area (Å²) < 4.78 is 0. The topological polar surface area (TPSA) is 62.3 Å². The highest BCUT2D eigenvalue weighted by atomic mass is 32.1. The standard InChI is InChI=1S/C28H27N3O2S/c1-21-7-2-3-8-23(21)20-31(28(33)26-10-6-18-34-26)25-13-11-22(12-14-25)19-27(32)30-17-15-24-9-4-5-16-29-24/h2-14,16,18H,15,17,19-20H2,1H3,(H,30,32). The number of aryl methyl sites for hydroxylation is 1. The monoisotopic (exact) mass is 469 g/mol. The van der Waals surface area contributed by atoms with Gasteiger partial charge in [-0.1, -0.05) is 48.5 Å². The van der Waals surface area contributed by atoms with Gasteiger partial charge in [-0.2, -0.15) is 0 Å². The average Bonchev–Trinajstić information content (AvgIpc) is 3.40. The molecule has 4 rings (SSSR count). The normalized spacial score (nSPS) is 10.6. The van der Waals surface area contributed by atoms with Crippen molar-refractivity contribution in [2.45, 2.75) is 26.3 Å². The number of thiophene rings is 1. The zero-order valence-corrected chi connectivity index (χ0v) is 19.9. The average molecular weight is 470 g/mol. The summed E-state index contributed by atoms with van der Waals surface area (Å²) in [5.41, 5.74) is 4.91. The Labute approximate surface area is 204 Å². The van der Waals surface area contributed by atoms with E-state index in [0.717, 1.165) is 28.1 Å². The van der Waals surface area contributed by atoms with Crippen LogP contribution in [0, 0.1) is 6.92 Å². The van der Waals surface area contributed by atoms with Gasteiger partial charge in [0.25, 0.3) is 5.91 Å². The number of benzene rings is 2. The first-order valence-electron chi connectivity index (χ1n) is 11.3. The molecule has 0 aliphatic heterocycles. The van der Waals surface area contributed by atoms with Crippen molar-refractivity contribution in [2.75, 3.05) is 11.4 Å². The molecule has 6 heteroatoms. The summed E-state index contributed by atoms with van der Waals surface area (Å²) >= 11 is 1.44. The van der Waals surface area contributed by atoms with Crippen molar-refractivity contribution in [1.29, 1.82) is 0 Å². The number of nitrogens with one attached hydrogen (secondary N) is 1. The molecule has 0 radical (unpaired) electrons. The molecular weight excluding hydrogens is 442 g/mol. The second-order valence-corrected chi connectivity index (χ2v) is 9.01. The highest BCUT2D eigenvalue weighted by Crippen LogP contribution is 2.24. The van der Waals surface area contributed by atoms with Gasteiger partial charge in [-0.3, -0.25) is 14.6 Å². The third-order valence-electron chi connectivity index (χ3n) is 5.61. The van der Waals surface area contributed by atoms with Crippen molar-refractivity contribution in [3.05, 3.63) is 118 Å². The zero-order chi connectivity index (χ0) is 23.8. The fourth-order valence-corrected chi connectivity index (χ4v) is 4.36. The molecule has 0 fully saturated rings. The molecule has 0 spiro atoms. The van der Waals surface area contributed by atoms with Crippen molar-refractivity contribution in [1.82, 2.24) is 10.3 Å². The molecule has 2 heterocycles. The summed E-state index contributed by atoms with van der Waals surface area (Å²) in [6.07, 6.45) is 2.74. The first-order chi connectivity index (χ1) is 16.6. The van der Waals surface area contributed by atoms with Crippen LogP contribution in [0.15, 0.2) is 90.4 Å². The van der Waals surface area contributed by atoms with Crippen LogP contribution < -0.4 is 10.2 Å². The third kappa shape index (κ3) is 6.17. The number of aromatic nitrogens is 1. The van der Waals surface area contributed by atoms with Crippen molar-refractivity contribution >= 4 is 28.8 Å². The fourth-order valence-electron chi connectivity index (χ4n) is 3.69. The van der Waals surface area contributed by atoms with Crippen molar-refractivity contribution in [3.63, 3.8) is 0 Å². The predicted octanol–water partition coefficient (Wildman–Crippen LogP) is 5.20. The molecule has 0 atom stereocenters. The van der Waals surface area contributed by atoms with Crippen LogP contribution >= 0.6 is 11.3 Å². The van der Waals surface area contributed by atoms with Crippen LogP contribution in [0.1, 0.15) is 32.1 Å². The summed E-state index contributed by atoms with van der Waals surface area (Å²) in [6, 6.07) is 25.3. The van der Waals surface area contributed by atoms with E-state index in [1.807, 2.05) is 78.2 Å². The Kier molecular flexibility index (Phi) is 7.83. The predicted molar refractivity (Wildman–Crippen MR) is 137 cm³/mol. The number of amides is 2. The van der Waals surface area contributed by atoms with Crippen LogP contribution in [0.5, 0.6) is 0 Å². The Morgan fingerprint density at radius 3 is 2.44 bits per heavy atom. The van der Waals surface area contributed by atoms with Crippen LogP contribution in [0.3, 0.4) is 0 Å². The molecule has 0 saturated carbocycles. The molecule has 2 aromatic carbocycles. The largest absolute Gasteiger partial charge is 0.355 e. The Morgan fingerprint density at radius 1 is 0.941 bits per heavy atom. The van der Waals surface area contributed by atoms with Crippen molar-refractivity contribution in [2.24, 2.45) is 0 Å². The van der Waals surface area contributed by atoms with Gasteiger partial charge in [-0.05, 0) is 59.3 Å². The molecular formula is C28H27N3O2S. The SMILES string of the molecule is Cc1ccccc1CN(C(=O)c1cccs1)c1ccc(CC(=O)NCCc2ccccn2)cc1. The van der Waals surface area contributed by atoms with Gasteiger partial charge < -0.3 is 10.2 Å². The minimum Gasteiger partial charge on any atom is -0.355 e. The number of rotatable bonds is 9. The van der Waals surface area contributed by atoms with E-state index in [-0.39, 0.29) is 11.8 Å². The Hall–Kier alpha value is -3.77. The quantitative estimate of drug-likeness (QED) is 0.366. The van der Waals surface area contributed by atoms with E-state index in [1.54, 1.807) is 11.1 Å². The van der Waals surface area contributed by atoms with Crippen LogP contribution in [0.2, 0.25) is 0 Å². The van der Waals surface area contributed by atoms with Gasteiger partial charge in [0.15, 0.2) is 0 Å². The molecule has 0 bridgehead atoms. The number of carbonyl (C=O) groups is 2. The lowest BCUT2D eigenvalue weighted by atomic mass is 10.1. The highest BCUT2D eigenvalue weighted by molar-refractivity contribution is 7.12. The van der Waals surface area contributed by atoms with Gasteiger partial charge in [0, 0.05) is 30.5 Å². The van der Waals surface area contributed by atoms with Crippen LogP contribution in [-0.4, -0.2) is 23.3 Å². The second-order valence-electron chi connectivity index (χ2n) is 8.06. The minimum atomic E-state index is -0.0323. The van der Waals surface area contributed by atoms with E-state index in [9.17, 15) is 9.59 Å². The first-order valence-corrected chi connectivity index (χ1v) is 12.1. The van der Waals surface area contributed by atoms with Crippen LogP contribution in [0.25, 0.3) is 0 Å². The number of hydrogen-bond acceptors (Lipinski definition) is 4. The van der Waals surface area contributed by atoms with E-state index in [4.69, 9.17) is 0 Å². The number of pyridine rings is 1. The fraction of sp³-hybridized carbons (Fsp3) is 0.179. The molecule has 0 saturated heterocycles. The summed E-state index contributed by atoms with van der Waals surface area (Å²) in [5, 5.41) is 4.86. The molecule has 5 nitrogen and oxygen atoms in total. The Balaban J connectivity index is 1.42. The minimum absolute atomic E-state index is 0.0294. The molecule has 2 aromatic heterocycles. The lowest BCUT2D eigenvalue weighted by Gasteiger charge is -2.23. The second kappa shape index (κ2) is 11.4. The maximum atomic E-state index is 13.3. The smallest absolute Gasteiger partial charge is 0.268 e. The maximum absolute atomic E-state index is 13.3. The van der Waals surface area contributed by atoms with E-state index < -0.39 is 0 Å². The molecule has 1 N–H and O–H groups in total. The number of nitrogens with zero attached hydrogens (tertiary/aromatic N) is 2. The maximum Gasteiger partial charge on any atom is 0.268 e. The lowest BCUT2D eigenvalue weighted by molar-refractivity contribution is -0.120. The molecule has 2 amide bonds. The number of anilines is 1. The third-order valence-corrected chi connectivity index (χ3v) is 6.47. The van der Waals surface area contributed by atoms with Gasteiger partial charge in [0.2, 0.25) is 5.91 Å². The van der Waals surface area contributed by atoms with E-state index >= 15 is 0 Å². The molecule has 0 unspecified atom stereocenters. The Morgan fingerprint density at radius 2 is 1.74 bits per heavy atom. The summed E-state index contributed by atoms with van der Waals surface area (Å²) in [4.78, 5) is 32.4. The molecule has 4 aromatic rings. The van der Waals surface area contributed by atoms with E-state index in [1.165, 1.54) is 11.3 Å². The van der Waals surface area contributed by atoms with Crippen molar-refractivity contribution in [3.8, 4) is 0 Å². The number of carbonyl (C=O) groups excluding carboxylic acids is 2. The molecule has 0 aliphatic carbocycles. The van der Waals surface area contributed by atoms with E-state index in [2.05, 4.69) is 23.3 Å². The summed E-state index contributed by atoms with van der Waals surface area (Å²) in [7, 11) is 0. The summed E-state index contributed by atoms with van der Waals surface area (Å²) in [5.74, 6) is -0.0617. The molecule has 172 valence electrons. The number of hydrogen-bond donors (Lipinski definition) is 1.